The largest absolute Gasteiger partial charge is 0.459 e. The van der Waals surface area contributed by atoms with Crippen molar-refractivity contribution in [3.8, 4) is 0 Å². The van der Waals surface area contributed by atoms with Crippen molar-refractivity contribution < 1.29 is 27.5 Å². The highest BCUT2D eigenvalue weighted by molar-refractivity contribution is 7.20. The molecule has 11 heteroatoms. The van der Waals surface area contributed by atoms with E-state index in [4.69, 9.17) is 4.74 Å². The van der Waals surface area contributed by atoms with Gasteiger partial charge in [0.2, 0.25) is 5.91 Å². The van der Waals surface area contributed by atoms with Gasteiger partial charge in [-0.05, 0) is 38.5 Å². The Labute approximate surface area is 178 Å². The molecule has 3 rings (SSSR count). The number of nitrogens with one attached hydrogen (secondary N) is 1. The maximum absolute atomic E-state index is 13.1. The SMILES string of the molecule is Cc1c(C(=O)OC(C)C)sc2ncn(CC(=O)Nc3ccccc3C(F)(F)F)c(=O)c12. The van der Waals surface area contributed by atoms with Gasteiger partial charge in [0.05, 0.1) is 29.1 Å². The molecule has 31 heavy (non-hydrogen) atoms. The molecule has 0 radical (unpaired) electrons. The lowest BCUT2D eigenvalue weighted by Gasteiger charge is -2.13. The van der Waals surface area contributed by atoms with Crippen LogP contribution in [0.25, 0.3) is 10.2 Å². The number of carbonyl (C=O) groups excluding carboxylic acids is 2. The van der Waals surface area contributed by atoms with E-state index in [9.17, 15) is 27.6 Å². The van der Waals surface area contributed by atoms with E-state index in [-0.39, 0.29) is 16.4 Å². The van der Waals surface area contributed by atoms with Gasteiger partial charge in [-0.3, -0.25) is 14.2 Å². The lowest BCUT2D eigenvalue weighted by atomic mass is 10.1. The van der Waals surface area contributed by atoms with Gasteiger partial charge < -0.3 is 10.1 Å². The predicted molar refractivity (Wildman–Crippen MR) is 109 cm³/mol. The third kappa shape index (κ3) is 4.76. The molecule has 0 atom stereocenters. The number of benzene rings is 1. The van der Waals surface area contributed by atoms with Crippen molar-refractivity contribution in [2.24, 2.45) is 0 Å². The Morgan fingerprint density at radius 3 is 2.58 bits per heavy atom. The molecule has 1 aromatic carbocycles. The number of rotatable bonds is 5. The average molecular weight is 453 g/mol. The number of aromatic nitrogens is 2. The summed E-state index contributed by atoms with van der Waals surface area (Å²) in [6.07, 6.45) is -3.87. The summed E-state index contributed by atoms with van der Waals surface area (Å²) in [4.78, 5) is 42.1. The molecular formula is C20H18F3N3O4S. The number of thiophene rings is 1. The molecule has 0 aliphatic heterocycles. The fourth-order valence-corrected chi connectivity index (χ4v) is 3.94. The van der Waals surface area contributed by atoms with Crippen LogP contribution in [0.4, 0.5) is 18.9 Å². The number of amides is 1. The Hall–Kier alpha value is -3.21. The van der Waals surface area contributed by atoms with Gasteiger partial charge in [-0.25, -0.2) is 9.78 Å². The molecule has 0 aliphatic carbocycles. The molecule has 7 nitrogen and oxygen atoms in total. The Balaban J connectivity index is 1.89. The molecule has 0 bridgehead atoms. The highest BCUT2D eigenvalue weighted by atomic mass is 32.1. The second kappa shape index (κ2) is 8.50. The lowest BCUT2D eigenvalue weighted by molar-refractivity contribution is -0.137. The lowest BCUT2D eigenvalue weighted by Crippen LogP contribution is -2.28. The first-order valence-corrected chi connectivity index (χ1v) is 9.96. The van der Waals surface area contributed by atoms with Crippen LogP contribution in [0.2, 0.25) is 0 Å². The summed E-state index contributed by atoms with van der Waals surface area (Å²) in [6, 6.07) is 4.54. The summed E-state index contributed by atoms with van der Waals surface area (Å²) in [5, 5.41) is 2.34. The van der Waals surface area contributed by atoms with Gasteiger partial charge in [-0.15, -0.1) is 11.3 Å². The van der Waals surface area contributed by atoms with Crippen LogP contribution >= 0.6 is 11.3 Å². The summed E-state index contributed by atoms with van der Waals surface area (Å²) in [5.41, 5.74) is -1.61. The van der Waals surface area contributed by atoms with E-state index >= 15 is 0 Å². The zero-order chi connectivity index (χ0) is 22.9. The number of nitrogens with zero attached hydrogens (tertiary/aromatic N) is 2. The number of aryl methyl sites for hydroxylation is 1. The number of para-hydroxylation sites is 1. The maximum Gasteiger partial charge on any atom is 0.418 e. The van der Waals surface area contributed by atoms with Crippen LogP contribution in [-0.2, 0) is 22.3 Å². The minimum absolute atomic E-state index is 0.159. The van der Waals surface area contributed by atoms with Crippen LogP contribution < -0.4 is 10.9 Å². The van der Waals surface area contributed by atoms with Gasteiger partial charge in [-0.2, -0.15) is 13.2 Å². The summed E-state index contributed by atoms with van der Waals surface area (Å²) in [7, 11) is 0. The molecule has 164 valence electrons. The van der Waals surface area contributed by atoms with Crippen LogP contribution in [0, 0.1) is 6.92 Å². The zero-order valence-electron chi connectivity index (χ0n) is 16.7. The minimum atomic E-state index is -4.64. The third-order valence-electron chi connectivity index (χ3n) is 4.27. The van der Waals surface area contributed by atoms with Crippen molar-refractivity contribution in [3.63, 3.8) is 0 Å². The molecule has 0 fully saturated rings. The first-order valence-electron chi connectivity index (χ1n) is 9.14. The van der Waals surface area contributed by atoms with E-state index in [1.165, 1.54) is 12.1 Å². The van der Waals surface area contributed by atoms with Gasteiger partial charge in [0.25, 0.3) is 5.56 Å². The molecule has 0 unspecified atom stereocenters. The fraction of sp³-hybridized carbons (Fsp3) is 0.300. The Morgan fingerprint density at radius 2 is 1.94 bits per heavy atom. The second-order valence-electron chi connectivity index (χ2n) is 6.96. The molecule has 1 amide bonds. The number of fused-ring (bicyclic) bond motifs is 1. The summed E-state index contributed by atoms with van der Waals surface area (Å²) in [6.45, 7) is 4.42. The monoisotopic (exact) mass is 453 g/mol. The molecule has 0 saturated heterocycles. The van der Waals surface area contributed by atoms with E-state index in [1.54, 1.807) is 20.8 Å². The minimum Gasteiger partial charge on any atom is -0.459 e. The molecule has 2 heterocycles. The first kappa shape index (κ1) is 22.5. The van der Waals surface area contributed by atoms with Gasteiger partial charge in [0, 0.05) is 0 Å². The normalized spacial score (nSPS) is 11.7. The van der Waals surface area contributed by atoms with Crippen molar-refractivity contribution in [1.29, 1.82) is 0 Å². The predicted octanol–water partition coefficient (Wildman–Crippen LogP) is 3.99. The van der Waals surface area contributed by atoms with Crippen LogP contribution in [0.3, 0.4) is 0 Å². The number of hydrogen-bond acceptors (Lipinski definition) is 6. The number of ether oxygens (including phenoxy) is 1. The Morgan fingerprint density at radius 1 is 1.26 bits per heavy atom. The van der Waals surface area contributed by atoms with Crippen LogP contribution in [0.5, 0.6) is 0 Å². The number of carbonyl (C=O) groups is 2. The van der Waals surface area contributed by atoms with Gasteiger partial charge in [0.15, 0.2) is 0 Å². The fourth-order valence-electron chi connectivity index (χ4n) is 2.92. The number of hydrogen-bond donors (Lipinski definition) is 1. The van der Waals surface area contributed by atoms with Crippen molar-refractivity contribution in [2.45, 2.75) is 39.6 Å². The summed E-state index contributed by atoms with van der Waals surface area (Å²) >= 11 is 0.999. The van der Waals surface area contributed by atoms with E-state index in [0.29, 0.717) is 10.4 Å². The van der Waals surface area contributed by atoms with E-state index < -0.39 is 41.4 Å². The van der Waals surface area contributed by atoms with E-state index in [0.717, 1.165) is 34.4 Å². The molecule has 0 spiro atoms. The highest BCUT2D eigenvalue weighted by Crippen LogP contribution is 2.34. The molecule has 0 aliphatic rings. The second-order valence-corrected chi connectivity index (χ2v) is 7.96. The quantitative estimate of drug-likeness (QED) is 0.590. The molecule has 0 saturated carbocycles. The van der Waals surface area contributed by atoms with Crippen molar-refractivity contribution >= 4 is 39.1 Å². The topological polar surface area (TPSA) is 90.3 Å². The highest BCUT2D eigenvalue weighted by Gasteiger charge is 2.33. The molecule has 1 N–H and O–H groups in total. The smallest absolute Gasteiger partial charge is 0.418 e. The van der Waals surface area contributed by atoms with Crippen LogP contribution in [-0.4, -0.2) is 27.5 Å². The standard InChI is InChI=1S/C20H18F3N3O4S/c1-10(2)30-19(29)16-11(3)15-17(31-16)24-9-26(18(15)28)8-14(27)25-13-7-5-4-6-12(13)20(21,22)23/h4-7,9-10H,8H2,1-3H3,(H,25,27). The Kier molecular flexibility index (Phi) is 6.16. The van der Waals surface area contributed by atoms with Crippen LogP contribution in [0.1, 0.15) is 34.6 Å². The average Bonchev–Trinajstić information content (AvgIpc) is 3.00. The van der Waals surface area contributed by atoms with Gasteiger partial charge >= 0.3 is 12.1 Å². The zero-order valence-corrected chi connectivity index (χ0v) is 17.6. The maximum atomic E-state index is 13.1. The van der Waals surface area contributed by atoms with Gasteiger partial charge in [0.1, 0.15) is 16.3 Å². The van der Waals surface area contributed by atoms with Gasteiger partial charge in [-0.1, -0.05) is 12.1 Å². The van der Waals surface area contributed by atoms with Crippen LogP contribution in [0.15, 0.2) is 35.4 Å². The molecule has 2 aromatic heterocycles. The van der Waals surface area contributed by atoms with Crippen molar-refractivity contribution in [3.05, 3.63) is 57.0 Å². The molecular weight excluding hydrogens is 435 g/mol. The summed E-state index contributed by atoms with van der Waals surface area (Å²) < 4.78 is 45.4. The molecule has 3 aromatic rings. The number of anilines is 1. The first-order chi connectivity index (χ1) is 14.5. The summed E-state index contributed by atoms with van der Waals surface area (Å²) in [5.74, 6) is -1.41. The van der Waals surface area contributed by atoms with Crippen molar-refractivity contribution in [1.82, 2.24) is 9.55 Å². The Bertz CT molecular complexity index is 1210. The number of esters is 1. The van der Waals surface area contributed by atoms with Crippen molar-refractivity contribution in [2.75, 3.05) is 5.32 Å². The third-order valence-corrected chi connectivity index (χ3v) is 5.45. The van der Waals surface area contributed by atoms with E-state index in [1.807, 2.05) is 0 Å². The number of halogens is 3. The number of alkyl halides is 3. The van der Waals surface area contributed by atoms with E-state index in [2.05, 4.69) is 10.3 Å².